The summed E-state index contributed by atoms with van der Waals surface area (Å²) in [6.45, 7) is 0. The van der Waals surface area contributed by atoms with E-state index >= 15 is 0 Å². The number of fused-ring (bicyclic) bond motifs is 1. The Labute approximate surface area is 157 Å². The summed E-state index contributed by atoms with van der Waals surface area (Å²) in [6, 6.07) is 27.7. The Kier molecular flexibility index (Phi) is 4.63. The van der Waals surface area contributed by atoms with Crippen LogP contribution >= 0.6 is 11.6 Å². The number of halogens is 1. The van der Waals surface area contributed by atoms with Gasteiger partial charge in [0.15, 0.2) is 0 Å². The maximum Gasteiger partial charge on any atom is 0.334 e. The van der Waals surface area contributed by atoms with Gasteiger partial charge in [-0.25, -0.2) is 4.79 Å². The van der Waals surface area contributed by atoms with Crippen LogP contribution < -0.4 is 5.69 Å². The molecule has 0 radical (unpaired) electrons. The minimum atomic E-state index is -0.101. The molecule has 0 fully saturated rings. The molecule has 0 bridgehead atoms. The first-order valence-corrected chi connectivity index (χ1v) is 9.23. The fourth-order valence-corrected chi connectivity index (χ4v) is 3.73. The number of hydrogen-bond acceptors (Lipinski definition) is 1. The van der Waals surface area contributed by atoms with Gasteiger partial charge < -0.3 is 0 Å². The normalized spacial score (nSPS) is 12.3. The molecule has 0 aliphatic heterocycles. The number of aromatic nitrogens is 2. The zero-order valence-electron chi connectivity index (χ0n) is 14.3. The molecule has 0 amide bonds. The van der Waals surface area contributed by atoms with Crippen LogP contribution in [0.3, 0.4) is 0 Å². The number of para-hydroxylation sites is 3. The lowest BCUT2D eigenvalue weighted by Gasteiger charge is -2.18. The SMILES string of the molecule is O=c1n(-c2ccccc2)c2ccccc2n1[C@H](CCCl)c1ccccc1. The summed E-state index contributed by atoms with van der Waals surface area (Å²) in [5.74, 6) is 0.483. The third kappa shape index (κ3) is 2.85. The van der Waals surface area contributed by atoms with Gasteiger partial charge in [-0.2, -0.15) is 0 Å². The predicted molar refractivity (Wildman–Crippen MR) is 107 cm³/mol. The fraction of sp³-hybridized carbons (Fsp3) is 0.136. The van der Waals surface area contributed by atoms with E-state index in [9.17, 15) is 4.79 Å². The molecular formula is C22H19ClN2O. The monoisotopic (exact) mass is 362 g/mol. The Morgan fingerprint density at radius 1 is 0.769 bits per heavy atom. The van der Waals surface area contributed by atoms with Crippen molar-refractivity contribution in [2.45, 2.75) is 12.5 Å². The molecule has 0 saturated heterocycles. The summed E-state index contributed by atoms with van der Waals surface area (Å²) >= 11 is 6.10. The Morgan fingerprint density at radius 3 is 2.00 bits per heavy atom. The van der Waals surface area contributed by atoms with Crippen LogP contribution in [0.15, 0.2) is 89.7 Å². The van der Waals surface area contributed by atoms with Crippen LogP contribution in [0.2, 0.25) is 0 Å². The minimum Gasteiger partial charge on any atom is -0.284 e. The molecule has 3 aromatic carbocycles. The van der Waals surface area contributed by atoms with Gasteiger partial charge >= 0.3 is 5.69 Å². The number of hydrogen-bond donors (Lipinski definition) is 0. The van der Waals surface area contributed by atoms with Crippen molar-refractivity contribution in [3.8, 4) is 5.69 Å². The smallest absolute Gasteiger partial charge is 0.284 e. The summed E-state index contributed by atoms with van der Waals surface area (Å²) in [6.07, 6.45) is 0.689. The van der Waals surface area contributed by atoms with E-state index in [4.69, 9.17) is 11.6 Å². The van der Waals surface area contributed by atoms with E-state index < -0.39 is 0 Å². The van der Waals surface area contributed by atoms with Gasteiger partial charge in [0.1, 0.15) is 0 Å². The van der Waals surface area contributed by atoms with Gasteiger partial charge in [0.05, 0.1) is 22.8 Å². The molecule has 3 nitrogen and oxygen atoms in total. The lowest BCUT2D eigenvalue weighted by atomic mass is 10.0. The van der Waals surface area contributed by atoms with Gasteiger partial charge in [-0.1, -0.05) is 60.7 Å². The maximum absolute atomic E-state index is 13.5. The third-order valence-corrected chi connectivity index (χ3v) is 4.89. The van der Waals surface area contributed by atoms with E-state index in [0.29, 0.717) is 12.3 Å². The largest absolute Gasteiger partial charge is 0.334 e. The highest BCUT2D eigenvalue weighted by atomic mass is 35.5. The number of imidazole rings is 1. The third-order valence-electron chi connectivity index (χ3n) is 4.67. The quantitative estimate of drug-likeness (QED) is 0.458. The van der Waals surface area contributed by atoms with Gasteiger partial charge in [0, 0.05) is 5.88 Å². The highest BCUT2D eigenvalue weighted by Gasteiger charge is 2.22. The van der Waals surface area contributed by atoms with Crippen molar-refractivity contribution in [2.24, 2.45) is 0 Å². The predicted octanol–water partition coefficient (Wildman–Crippen LogP) is 5.01. The second kappa shape index (κ2) is 7.22. The van der Waals surface area contributed by atoms with Crippen LogP contribution in [0.4, 0.5) is 0 Å². The summed E-state index contributed by atoms with van der Waals surface area (Å²) in [5.41, 5.74) is 3.73. The number of alkyl halides is 1. The summed E-state index contributed by atoms with van der Waals surface area (Å²) in [4.78, 5) is 13.5. The summed E-state index contributed by atoms with van der Waals surface area (Å²) in [5, 5.41) is 0. The van der Waals surface area contributed by atoms with Crippen LogP contribution in [0.1, 0.15) is 18.0 Å². The Morgan fingerprint density at radius 2 is 1.35 bits per heavy atom. The van der Waals surface area contributed by atoms with E-state index in [1.165, 1.54) is 0 Å². The highest BCUT2D eigenvalue weighted by molar-refractivity contribution is 6.17. The summed E-state index contributed by atoms with van der Waals surface area (Å²) < 4.78 is 3.65. The van der Waals surface area contributed by atoms with Crippen LogP contribution in [-0.2, 0) is 0 Å². The lowest BCUT2D eigenvalue weighted by molar-refractivity contribution is 0.562. The van der Waals surface area contributed by atoms with Gasteiger partial charge in [0.25, 0.3) is 0 Å². The minimum absolute atomic E-state index is 0.0450. The van der Waals surface area contributed by atoms with E-state index in [0.717, 1.165) is 22.3 Å². The molecule has 4 heteroatoms. The molecule has 1 heterocycles. The van der Waals surface area contributed by atoms with Crippen LogP contribution in [0.25, 0.3) is 16.7 Å². The molecule has 130 valence electrons. The average Bonchev–Trinajstić information content (AvgIpc) is 2.99. The van der Waals surface area contributed by atoms with Gasteiger partial charge in [0.2, 0.25) is 0 Å². The van der Waals surface area contributed by atoms with Crippen molar-refractivity contribution in [3.63, 3.8) is 0 Å². The Hall–Kier alpha value is -2.78. The average molecular weight is 363 g/mol. The number of rotatable bonds is 5. The van der Waals surface area contributed by atoms with Crippen molar-refractivity contribution >= 4 is 22.6 Å². The van der Waals surface area contributed by atoms with Crippen molar-refractivity contribution in [3.05, 3.63) is 101 Å². The van der Waals surface area contributed by atoms with Crippen LogP contribution in [0.5, 0.6) is 0 Å². The molecule has 0 unspecified atom stereocenters. The highest BCUT2D eigenvalue weighted by Crippen LogP contribution is 2.27. The molecule has 0 aliphatic rings. The van der Waals surface area contributed by atoms with Crippen LogP contribution in [0, 0.1) is 0 Å². The molecule has 0 aliphatic carbocycles. The van der Waals surface area contributed by atoms with E-state index in [1.807, 2.05) is 77.4 Å². The molecular weight excluding hydrogens is 344 g/mol. The molecule has 1 atom stereocenters. The summed E-state index contributed by atoms with van der Waals surface area (Å²) in [7, 11) is 0. The fourth-order valence-electron chi connectivity index (χ4n) is 3.52. The van der Waals surface area contributed by atoms with E-state index in [2.05, 4.69) is 12.1 Å². The lowest BCUT2D eigenvalue weighted by Crippen LogP contribution is -2.27. The van der Waals surface area contributed by atoms with Gasteiger partial charge in [-0.05, 0) is 36.2 Å². The molecule has 26 heavy (non-hydrogen) atoms. The van der Waals surface area contributed by atoms with Gasteiger partial charge in [-0.3, -0.25) is 9.13 Å². The van der Waals surface area contributed by atoms with Crippen molar-refractivity contribution in [2.75, 3.05) is 5.88 Å². The topological polar surface area (TPSA) is 26.9 Å². The van der Waals surface area contributed by atoms with Crippen molar-refractivity contribution < 1.29 is 0 Å². The van der Waals surface area contributed by atoms with Crippen molar-refractivity contribution in [1.29, 1.82) is 0 Å². The van der Waals surface area contributed by atoms with Crippen molar-refractivity contribution in [1.82, 2.24) is 9.13 Å². The Balaban J connectivity index is 2.01. The van der Waals surface area contributed by atoms with E-state index in [1.54, 1.807) is 4.57 Å². The second-order valence-corrected chi connectivity index (χ2v) is 6.59. The first-order chi connectivity index (χ1) is 12.8. The number of nitrogens with zero attached hydrogens (tertiary/aromatic N) is 2. The second-order valence-electron chi connectivity index (χ2n) is 6.22. The standard InChI is InChI=1S/C22H19ClN2O/c23-16-15-19(17-9-3-1-4-10-17)25-21-14-8-7-13-20(21)24(22(25)26)18-11-5-2-6-12-18/h1-14,19H,15-16H2/t19-/m1/s1. The van der Waals surface area contributed by atoms with Gasteiger partial charge in [-0.15, -0.1) is 11.6 Å². The number of benzene rings is 3. The van der Waals surface area contributed by atoms with E-state index in [-0.39, 0.29) is 11.7 Å². The zero-order chi connectivity index (χ0) is 17.9. The molecule has 4 aromatic rings. The molecule has 0 spiro atoms. The Bertz CT molecular complexity index is 1070. The molecule has 1 aromatic heterocycles. The maximum atomic E-state index is 13.5. The molecule has 4 rings (SSSR count). The molecule has 0 saturated carbocycles. The van der Waals surface area contributed by atoms with Crippen LogP contribution in [-0.4, -0.2) is 15.0 Å². The molecule has 0 N–H and O–H groups in total. The zero-order valence-corrected chi connectivity index (χ0v) is 15.0. The first-order valence-electron chi connectivity index (χ1n) is 8.69. The first kappa shape index (κ1) is 16.7.